The molecule has 5 heteroatoms. The zero-order valence-electron chi connectivity index (χ0n) is 17.2. The molecule has 0 aliphatic carbocycles. The molecule has 2 aromatic carbocycles. The highest BCUT2D eigenvalue weighted by molar-refractivity contribution is 5.49. The van der Waals surface area contributed by atoms with Crippen molar-refractivity contribution >= 4 is 5.69 Å². The Morgan fingerprint density at radius 3 is 2.32 bits per heavy atom. The molecule has 1 saturated heterocycles. The summed E-state index contributed by atoms with van der Waals surface area (Å²) in [6.07, 6.45) is 0.588. The number of hydrogen-bond acceptors (Lipinski definition) is 5. The maximum Gasteiger partial charge on any atom is 0.119 e. The fourth-order valence-corrected chi connectivity index (χ4v) is 3.76. The Labute approximate surface area is 168 Å². The molecule has 1 atom stereocenters. The van der Waals surface area contributed by atoms with Gasteiger partial charge in [-0.3, -0.25) is 4.90 Å². The molecule has 0 saturated carbocycles. The van der Waals surface area contributed by atoms with Crippen LogP contribution in [-0.4, -0.2) is 62.6 Å². The lowest BCUT2D eigenvalue weighted by molar-refractivity contribution is 0.0704. The molecule has 152 valence electrons. The molecule has 1 N–H and O–H groups in total. The van der Waals surface area contributed by atoms with Gasteiger partial charge in [-0.1, -0.05) is 6.07 Å². The van der Waals surface area contributed by atoms with Crippen molar-refractivity contribution in [2.75, 3.05) is 51.3 Å². The number of hydrogen-bond donors (Lipinski definition) is 1. The zero-order chi connectivity index (χ0) is 19.9. The van der Waals surface area contributed by atoms with Crippen LogP contribution in [0.2, 0.25) is 0 Å². The Hall–Kier alpha value is -2.24. The Bertz CT molecular complexity index is 728. The Morgan fingerprint density at radius 1 is 0.929 bits per heavy atom. The van der Waals surface area contributed by atoms with Crippen molar-refractivity contribution in [2.24, 2.45) is 0 Å². The van der Waals surface area contributed by atoms with E-state index in [1.807, 2.05) is 24.3 Å². The van der Waals surface area contributed by atoms with E-state index < -0.39 is 6.10 Å². The summed E-state index contributed by atoms with van der Waals surface area (Å²) in [6.45, 7) is 8.99. The van der Waals surface area contributed by atoms with Crippen molar-refractivity contribution in [3.05, 3.63) is 53.6 Å². The minimum absolute atomic E-state index is 0.321. The van der Waals surface area contributed by atoms with Gasteiger partial charge in [-0.25, -0.2) is 0 Å². The van der Waals surface area contributed by atoms with Gasteiger partial charge in [0.2, 0.25) is 0 Å². The molecule has 0 amide bonds. The van der Waals surface area contributed by atoms with Crippen molar-refractivity contribution < 1.29 is 14.6 Å². The quantitative estimate of drug-likeness (QED) is 0.794. The summed E-state index contributed by atoms with van der Waals surface area (Å²) in [5, 5.41) is 10.4. The van der Waals surface area contributed by atoms with E-state index >= 15 is 0 Å². The Kier molecular flexibility index (Phi) is 7.18. The van der Waals surface area contributed by atoms with Crippen LogP contribution in [0.3, 0.4) is 0 Å². The summed E-state index contributed by atoms with van der Waals surface area (Å²) in [4.78, 5) is 4.73. The lowest BCUT2D eigenvalue weighted by atomic mass is 10.1. The predicted molar refractivity (Wildman–Crippen MR) is 114 cm³/mol. The molecule has 5 nitrogen and oxygen atoms in total. The van der Waals surface area contributed by atoms with Crippen LogP contribution in [0.4, 0.5) is 5.69 Å². The maximum absolute atomic E-state index is 10.4. The number of aliphatic hydroxyl groups is 1. The smallest absolute Gasteiger partial charge is 0.119 e. The minimum Gasteiger partial charge on any atom is -0.497 e. The summed E-state index contributed by atoms with van der Waals surface area (Å²) >= 11 is 0. The minimum atomic E-state index is -0.492. The summed E-state index contributed by atoms with van der Waals surface area (Å²) in [5.74, 6) is 1.71. The molecular weight excluding hydrogens is 352 g/mol. The first-order chi connectivity index (χ1) is 13.5. The van der Waals surface area contributed by atoms with E-state index in [0.29, 0.717) is 13.2 Å². The second kappa shape index (κ2) is 9.80. The molecule has 0 aromatic heterocycles. The first-order valence-corrected chi connectivity index (χ1v) is 10.0. The van der Waals surface area contributed by atoms with E-state index in [1.54, 1.807) is 7.11 Å². The van der Waals surface area contributed by atoms with E-state index in [0.717, 1.165) is 44.1 Å². The first-order valence-electron chi connectivity index (χ1n) is 10.0. The third-order valence-corrected chi connectivity index (χ3v) is 5.13. The van der Waals surface area contributed by atoms with Crippen LogP contribution in [0.15, 0.2) is 42.5 Å². The van der Waals surface area contributed by atoms with Gasteiger partial charge in [0.1, 0.15) is 24.2 Å². The lowest BCUT2D eigenvalue weighted by Crippen LogP contribution is -2.38. The third-order valence-electron chi connectivity index (χ3n) is 5.13. The van der Waals surface area contributed by atoms with Crippen molar-refractivity contribution in [3.8, 4) is 11.5 Å². The molecule has 1 fully saturated rings. The van der Waals surface area contributed by atoms with Gasteiger partial charge in [0.05, 0.1) is 7.11 Å². The molecule has 0 radical (unpaired) electrons. The van der Waals surface area contributed by atoms with Crippen molar-refractivity contribution in [1.29, 1.82) is 0 Å². The first kappa shape index (κ1) is 20.5. The molecule has 0 bridgehead atoms. The average Bonchev–Trinajstić information content (AvgIpc) is 2.91. The number of aryl methyl sites for hydroxylation is 2. The van der Waals surface area contributed by atoms with E-state index in [9.17, 15) is 5.11 Å². The van der Waals surface area contributed by atoms with Crippen LogP contribution < -0.4 is 14.4 Å². The van der Waals surface area contributed by atoms with E-state index in [4.69, 9.17) is 9.47 Å². The molecule has 1 heterocycles. The second-order valence-corrected chi connectivity index (χ2v) is 7.63. The SMILES string of the molecule is COc1ccc(N2CCCN(C[C@H](O)COc3cc(C)cc(C)c3)CC2)cc1. The van der Waals surface area contributed by atoms with Crippen molar-refractivity contribution in [2.45, 2.75) is 26.4 Å². The van der Waals surface area contributed by atoms with Gasteiger partial charge in [0.15, 0.2) is 0 Å². The molecule has 2 aromatic rings. The number of rotatable bonds is 7. The lowest BCUT2D eigenvalue weighted by Gasteiger charge is -2.25. The molecule has 3 rings (SSSR count). The van der Waals surface area contributed by atoms with Crippen molar-refractivity contribution in [1.82, 2.24) is 4.90 Å². The number of methoxy groups -OCH3 is 1. The van der Waals surface area contributed by atoms with Gasteiger partial charge in [-0.15, -0.1) is 0 Å². The topological polar surface area (TPSA) is 45.2 Å². The number of anilines is 1. The normalized spacial score (nSPS) is 16.5. The van der Waals surface area contributed by atoms with Crippen LogP contribution in [-0.2, 0) is 0 Å². The highest BCUT2D eigenvalue weighted by Gasteiger charge is 2.18. The van der Waals surface area contributed by atoms with Gasteiger partial charge in [-0.2, -0.15) is 0 Å². The van der Waals surface area contributed by atoms with Crippen LogP contribution in [0, 0.1) is 13.8 Å². The second-order valence-electron chi connectivity index (χ2n) is 7.63. The number of β-amino-alcohol motifs (C(OH)–C–C–N with tert-alkyl or cyclic N) is 1. The van der Waals surface area contributed by atoms with Gasteiger partial charge in [0, 0.05) is 31.9 Å². The zero-order valence-corrected chi connectivity index (χ0v) is 17.2. The number of aliphatic hydroxyl groups excluding tert-OH is 1. The number of benzene rings is 2. The molecular formula is C23H32N2O3. The standard InChI is InChI=1S/C23H32N2O3/c1-18-13-19(2)15-23(14-18)28-17-21(26)16-24-9-4-10-25(12-11-24)20-5-7-22(27-3)8-6-20/h5-8,13-15,21,26H,4,9-12,16-17H2,1-3H3/t21-/m0/s1. The monoisotopic (exact) mass is 384 g/mol. The molecule has 0 spiro atoms. The number of nitrogens with zero attached hydrogens (tertiary/aromatic N) is 2. The Balaban J connectivity index is 1.47. The van der Waals surface area contributed by atoms with Gasteiger partial charge >= 0.3 is 0 Å². The van der Waals surface area contributed by atoms with Crippen LogP contribution in [0.1, 0.15) is 17.5 Å². The maximum atomic E-state index is 10.4. The summed E-state index contributed by atoms with van der Waals surface area (Å²) in [5.41, 5.74) is 3.58. The van der Waals surface area contributed by atoms with E-state index in [-0.39, 0.29) is 0 Å². The van der Waals surface area contributed by atoms with Crippen LogP contribution in [0.25, 0.3) is 0 Å². The molecule has 1 aliphatic rings. The van der Waals surface area contributed by atoms with Gasteiger partial charge in [0.25, 0.3) is 0 Å². The van der Waals surface area contributed by atoms with Gasteiger partial charge < -0.3 is 19.5 Å². The number of ether oxygens (including phenoxy) is 2. The van der Waals surface area contributed by atoms with Crippen molar-refractivity contribution in [3.63, 3.8) is 0 Å². The largest absolute Gasteiger partial charge is 0.497 e. The fraction of sp³-hybridized carbons (Fsp3) is 0.478. The summed E-state index contributed by atoms with van der Waals surface area (Å²) < 4.78 is 11.1. The van der Waals surface area contributed by atoms with Crippen LogP contribution in [0.5, 0.6) is 11.5 Å². The predicted octanol–water partition coefficient (Wildman–Crippen LogP) is 3.26. The van der Waals surface area contributed by atoms with E-state index in [2.05, 4.69) is 41.8 Å². The van der Waals surface area contributed by atoms with Crippen LogP contribution >= 0.6 is 0 Å². The molecule has 28 heavy (non-hydrogen) atoms. The summed E-state index contributed by atoms with van der Waals surface area (Å²) in [6, 6.07) is 14.4. The highest BCUT2D eigenvalue weighted by atomic mass is 16.5. The molecule has 1 aliphatic heterocycles. The van der Waals surface area contributed by atoms with E-state index in [1.165, 1.54) is 16.8 Å². The molecule has 0 unspecified atom stereocenters. The summed E-state index contributed by atoms with van der Waals surface area (Å²) in [7, 11) is 1.69. The highest BCUT2D eigenvalue weighted by Crippen LogP contribution is 2.21. The van der Waals surface area contributed by atoms with Gasteiger partial charge in [-0.05, 0) is 74.3 Å². The Morgan fingerprint density at radius 2 is 1.64 bits per heavy atom. The average molecular weight is 385 g/mol. The third kappa shape index (κ3) is 5.88. The fourth-order valence-electron chi connectivity index (χ4n) is 3.76.